The van der Waals surface area contributed by atoms with Crippen LogP contribution in [0.4, 0.5) is 4.39 Å². The second-order valence-corrected chi connectivity index (χ2v) is 6.76. The number of fused-ring (bicyclic) bond motifs is 1. The summed E-state index contributed by atoms with van der Waals surface area (Å²) in [5, 5.41) is 3.45. The average molecular weight is 304 g/mol. The standard InChI is InChI=1S/C18H25FN2O/c1-13(16-4-2-3-5-17(16)19)10-18(22)21-8-6-14-11-20-12-15(14)7-9-21/h2-5,13-15,20H,6-12H2,1H3/t13?,14-,15+. The Bertz CT molecular complexity index is 520. The summed E-state index contributed by atoms with van der Waals surface area (Å²) in [5.74, 6) is 1.34. The normalized spacial score (nSPS) is 26.4. The predicted molar refractivity (Wildman–Crippen MR) is 85.1 cm³/mol. The molecule has 0 bridgehead atoms. The number of nitrogens with one attached hydrogen (secondary N) is 1. The summed E-state index contributed by atoms with van der Waals surface area (Å²) in [6, 6.07) is 6.77. The number of benzene rings is 1. The Morgan fingerprint density at radius 2 is 1.91 bits per heavy atom. The van der Waals surface area contributed by atoms with E-state index >= 15 is 0 Å². The Morgan fingerprint density at radius 1 is 1.27 bits per heavy atom. The smallest absolute Gasteiger partial charge is 0.223 e. The van der Waals surface area contributed by atoms with Gasteiger partial charge in [-0.2, -0.15) is 0 Å². The van der Waals surface area contributed by atoms with Crippen LogP contribution in [0.2, 0.25) is 0 Å². The molecule has 1 aromatic carbocycles. The van der Waals surface area contributed by atoms with Crippen molar-refractivity contribution < 1.29 is 9.18 Å². The fourth-order valence-electron chi connectivity index (χ4n) is 3.84. The molecule has 3 atom stereocenters. The van der Waals surface area contributed by atoms with E-state index in [4.69, 9.17) is 0 Å². The first-order valence-electron chi connectivity index (χ1n) is 8.38. The molecule has 2 aliphatic rings. The quantitative estimate of drug-likeness (QED) is 0.931. The van der Waals surface area contributed by atoms with Crippen LogP contribution in [0.15, 0.2) is 24.3 Å². The molecule has 0 spiro atoms. The van der Waals surface area contributed by atoms with Crippen molar-refractivity contribution in [2.75, 3.05) is 26.2 Å². The fourth-order valence-corrected chi connectivity index (χ4v) is 3.84. The van der Waals surface area contributed by atoms with Crippen LogP contribution in [0.3, 0.4) is 0 Å². The molecule has 3 nitrogen and oxygen atoms in total. The van der Waals surface area contributed by atoms with Crippen LogP contribution < -0.4 is 5.32 Å². The van der Waals surface area contributed by atoms with Gasteiger partial charge in [0.25, 0.3) is 0 Å². The first kappa shape index (κ1) is 15.5. The van der Waals surface area contributed by atoms with E-state index in [0.29, 0.717) is 12.0 Å². The summed E-state index contributed by atoms with van der Waals surface area (Å²) >= 11 is 0. The fraction of sp³-hybridized carbons (Fsp3) is 0.611. The van der Waals surface area contributed by atoms with Crippen molar-refractivity contribution in [1.29, 1.82) is 0 Å². The van der Waals surface area contributed by atoms with Gasteiger partial charge in [0.05, 0.1) is 0 Å². The van der Waals surface area contributed by atoms with Gasteiger partial charge in [0.2, 0.25) is 5.91 Å². The lowest BCUT2D eigenvalue weighted by molar-refractivity contribution is -0.131. The number of hydrogen-bond acceptors (Lipinski definition) is 2. The van der Waals surface area contributed by atoms with Crippen molar-refractivity contribution in [3.8, 4) is 0 Å². The predicted octanol–water partition coefficient (Wildman–Crippen LogP) is 2.78. The molecule has 0 aliphatic carbocycles. The van der Waals surface area contributed by atoms with Crippen molar-refractivity contribution in [2.45, 2.75) is 32.1 Å². The Morgan fingerprint density at radius 3 is 2.55 bits per heavy atom. The van der Waals surface area contributed by atoms with Crippen LogP contribution in [-0.2, 0) is 4.79 Å². The molecule has 1 aromatic rings. The van der Waals surface area contributed by atoms with Gasteiger partial charge in [-0.25, -0.2) is 4.39 Å². The van der Waals surface area contributed by atoms with Crippen molar-refractivity contribution in [1.82, 2.24) is 10.2 Å². The van der Waals surface area contributed by atoms with Gasteiger partial charge in [-0.05, 0) is 55.3 Å². The minimum absolute atomic E-state index is 0.0712. The largest absolute Gasteiger partial charge is 0.343 e. The highest BCUT2D eigenvalue weighted by atomic mass is 19.1. The molecule has 0 radical (unpaired) electrons. The van der Waals surface area contributed by atoms with Gasteiger partial charge in [0, 0.05) is 19.5 Å². The van der Waals surface area contributed by atoms with Gasteiger partial charge in [0.15, 0.2) is 0 Å². The minimum atomic E-state index is -0.209. The van der Waals surface area contributed by atoms with Gasteiger partial charge in [-0.3, -0.25) is 4.79 Å². The summed E-state index contributed by atoms with van der Waals surface area (Å²) < 4.78 is 13.8. The first-order valence-corrected chi connectivity index (χ1v) is 8.38. The highest BCUT2D eigenvalue weighted by Gasteiger charge is 2.31. The molecule has 22 heavy (non-hydrogen) atoms. The molecule has 1 N–H and O–H groups in total. The summed E-state index contributed by atoms with van der Waals surface area (Å²) in [4.78, 5) is 14.5. The van der Waals surface area contributed by atoms with Crippen molar-refractivity contribution >= 4 is 5.91 Å². The molecule has 3 rings (SSSR count). The number of likely N-dealkylation sites (tertiary alicyclic amines) is 1. The van der Waals surface area contributed by atoms with E-state index < -0.39 is 0 Å². The number of hydrogen-bond donors (Lipinski definition) is 1. The monoisotopic (exact) mass is 304 g/mol. The number of carbonyl (C=O) groups is 1. The van der Waals surface area contributed by atoms with Gasteiger partial charge < -0.3 is 10.2 Å². The van der Waals surface area contributed by atoms with Crippen LogP contribution in [-0.4, -0.2) is 37.0 Å². The average Bonchev–Trinajstić information content (AvgIpc) is 2.86. The second kappa shape index (κ2) is 6.78. The zero-order valence-corrected chi connectivity index (χ0v) is 13.2. The Balaban J connectivity index is 1.58. The van der Waals surface area contributed by atoms with Gasteiger partial charge in [-0.15, -0.1) is 0 Å². The lowest BCUT2D eigenvalue weighted by Gasteiger charge is -2.23. The lowest BCUT2D eigenvalue weighted by atomic mass is 9.92. The van der Waals surface area contributed by atoms with Crippen molar-refractivity contribution in [3.63, 3.8) is 0 Å². The van der Waals surface area contributed by atoms with E-state index in [-0.39, 0.29) is 17.6 Å². The minimum Gasteiger partial charge on any atom is -0.343 e. The summed E-state index contributed by atoms with van der Waals surface area (Å²) in [7, 11) is 0. The molecule has 2 saturated heterocycles. The zero-order chi connectivity index (χ0) is 15.5. The maximum Gasteiger partial charge on any atom is 0.223 e. The number of amides is 1. The third-order valence-corrected chi connectivity index (χ3v) is 5.29. The van der Waals surface area contributed by atoms with Gasteiger partial charge in [-0.1, -0.05) is 25.1 Å². The summed E-state index contributed by atoms with van der Waals surface area (Å²) in [6.45, 7) is 5.83. The molecule has 1 unspecified atom stereocenters. The number of carbonyl (C=O) groups excluding carboxylic acids is 1. The summed E-state index contributed by atoms with van der Waals surface area (Å²) in [5.41, 5.74) is 0.645. The van der Waals surface area contributed by atoms with Gasteiger partial charge >= 0.3 is 0 Å². The molecule has 120 valence electrons. The molecule has 0 aromatic heterocycles. The Labute approximate surface area is 131 Å². The van der Waals surface area contributed by atoms with Gasteiger partial charge in [0.1, 0.15) is 5.82 Å². The third-order valence-electron chi connectivity index (χ3n) is 5.29. The summed E-state index contributed by atoms with van der Waals surface area (Å²) in [6.07, 6.45) is 2.59. The highest BCUT2D eigenvalue weighted by Crippen LogP contribution is 2.28. The van der Waals surface area contributed by atoms with E-state index in [1.807, 2.05) is 17.9 Å². The Hall–Kier alpha value is -1.42. The second-order valence-electron chi connectivity index (χ2n) is 6.76. The van der Waals surface area contributed by atoms with E-state index in [0.717, 1.165) is 50.9 Å². The number of nitrogens with zero attached hydrogens (tertiary/aromatic N) is 1. The molecule has 1 amide bonds. The van der Waals surface area contributed by atoms with Crippen molar-refractivity contribution in [2.24, 2.45) is 11.8 Å². The Kier molecular flexibility index (Phi) is 4.77. The van der Waals surface area contributed by atoms with E-state index in [1.54, 1.807) is 12.1 Å². The maximum atomic E-state index is 13.8. The third kappa shape index (κ3) is 3.32. The van der Waals surface area contributed by atoms with Crippen LogP contribution in [0.5, 0.6) is 0 Å². The molecule has 0 saturated carbocycles. The van der Waals surface area contributed by atoms with E-state index in [9.17, 15) is 9.18 Å². The van der Waals surface area contributed by atoms with E-state index in [2.05, 4.69) is 5.32 Å². The highest BCUT2D eigenvalue weighted by molar-refractivity contribution is 5.77. The topological polar surface area (TPSA) is 32.3 Å². The van der Waals surface area contributed by atoms with Crippen molar-refractivity contribution in [3.05, 3.63) is 35.6 Å². The lowest BCUT2D eigenvalue weighted by Crippen LogP contribution is -2.33. The molecule has 2 fully saturated rings. The van der Waals surface area contributed by atoms with Crippen LogP contribution in [0, 0.1) is 17.7 Å². The molecular weight excluding hydrogens is 279 g/mol. The van der Waals surface area contributed by atoms with Crippen LogP contribution >= 0.6 is 0 Å². The molecule has 2 aliphatic heterocycles. The van der Waals surface area contributed by atoms with Crippen LogP contribution in [0.25, 0.3) is 0 Å². The maximum absolute atomic E-state index is 13.8. The number of rotatable bonds is 3. The first-order chi connectivity index (χ1) is 10.6. The molecular formula is C18H25FN2O. The van der Waals surface area contributed by atoms with E-state index in [1.165, 1.54) is 6.07 Å². The molecule has 4 heteroatoms. The SMILES string of the molecule is CC(CC(=O)N1CC[C@@H]2CNC[C@@H]2CC1)c1ccccc1F. The van der Waals surface area contributed by atoms with Crippen LogP contribution in [0.1, 0.15) is 37.7 Å². The zero-order valence-electron chi connectivity index (χ0n) is 13.2. The number of halogens is 1. The molecule has 2 heterocycles.